The van der Waals surface area contributed by atoms with E-state index in [1.807, 2.05) is 0 Å². The van der Waals surface area contributed by atoms with Gasteiger partial charge in [-0.3, -0.25) is 0 Å². The third kappa shape index (κ3) is 2.39. The van der Waals surface area contributed by atoms with Gasteiger partial charge in [0.15, 0.2) is 0 Å². The van der Waals surface area contributed by atoms with Crippen molar-refractivity contribution in [2.24, 2.45) is 5.73 Å². The minimum absolute atomic E-state index is 0.0952. The molecule has 78 valence electrons. The van der Waals surface area contributed by atoms with E-state index in [9.17, 15) is 13.2 Å². The smallest absolute Gasteiger partial charge is 0.407 e. The summed E-state index contributed by atoms with van der Waals surface area (Å²) in [5.74, 6) is -0.122. The summed E-state index contributed by atoms with van der Waals surface area (Å²) in [7, 11) is 0. The molecule has 0 saturated heterocycles. The second-order valence-corrected chi connectivity index (χ2v) is 3.58. The van der Waals surface area contributed by atoms with Crippen LogP contribution in [0.25, 0.3) is 0 Å². The van der Waals surface area contributed by atoms with Crippen molar-refractivity contribution in [3.05, 3.63) is 28.2 Å². The average molecular weight is 270 g/mol. The van der Waals surface area contributed by atoms with Gasteiger partial charge in [-0.1, -0.05) is 6.07 Å². The van der Waals surface area contributed by atoms with E-state index >= 15 is 0 Å². The van der Waals surface area contributed by atoms with Crippen LogP contribution in [0.5, 0.6) is 5.75 Å². The van der Waals surface area contributed by atoms with Gasteiger partial charge in [0.05, 0.1) is 4.47 Å². The first-order valence-corrected chi connectivity index (χ1v) is 4.42. The molecule has 0 bridgehead atoms. The van der Waals surface area contributed by atoms with Crippen molar-refractivity contribution < 1.29 is 18.3 Å². The maximum absolute atomic E-state index is 12.2. The van der Waals surface area contributed by atoms with Crippen LogP contribution >= 0.6 is 15.9 Å². The Balaban J connectivity index is 3.03. The Bertz CT molecular complexity index is 340. The summed E-state index contributed by atoms with van der Waals surface area (Å²) < 4.78 is 36.7. The van der Waals surface area contributed by atoms with E-state index in [1.54, 1.807) is 0 Å². The van der Waals surface area contributed by atoms with Crippen molar-refractivity contribution in [2.75, 3.05) is 0 Å². The average Bonchev–Trinajstić information content (AvgIpc) is 2.07. The summed E-state index contributed by atoms with van der Waals surface area (Å²) in [5, 5.41) is 9.06. The van der Waals surface area contributed by atoms with E-state index < -0.39 is 12.2 Å². The molecule has 0 heterocycles. The van der Waals surface area contributed by atoms with Crippen LogP contribution in [0.1, 0.15) is 11.6 Å². The molecule has 0 aliphatic carbocycles. The summed E-state index contributed by atoms with van der Waals surface area (Å²) in [6.45, 7) is 0. The standard InChI is InChI=1S/C8H7BrF3NO/c9-5-3-4(1-2-6(5)14)7(13)8(10,11)12/h1-3,7,14H,13H2/t7-/m0/s1. The lowest BCUT2D eigenvalue weighted by Gasteiger charge is -2.16. The molecule has 0 aliphatic rings. The molecule has 2 nitrogen and oxygen atoms in total. The van der Waals surface area contributed by atoms with Crippen molar-refractivity contribution in [2.45, 2.75) is 12.2 Å². The molecule has 1 rings (SSSR count). The Morgan fingerprint density at radius 2 is 1.93 bits per heavy atom. The van der Waals surface area contributed by atoms with E-state index in [4.69, 9.17) is 10.8 Å². The fraction of sp³-hybridized carbons (Fsp3) is 0.250. The zero-order valence-corrected chi connectivity index (χ0v) is 8.43. The maximum atomic E-state index is 12.2. The molecule has 1 aromatic carbocycles. The molecular weight excluding hydrogens is 263 g/mol. The maximum Gasteiger partial charge on any atom is 0.407 e. The second kappa shape index (κ2) is 3.78. The SMILES string of the molecule is N[C@@H](c1ccc(O)c(Br)c1)C(F)(F)F. The summed E-state index contributed by atoms with van der Waals surface area (Å²) in [6.07, 6.45) is -4.48. The molecule has 0 unspecified atom stereocenters. The van der Waals surface area contributed by atoms with E-state index in [-0.39, 0.29) is 15.8 Å². The van der Waals surface area contributed by atoms with Crippen LogP contribution in [-0.4, -0.2) is 11.3 Å². The highest BCUT2D eigenvalue weighted by molar-refractivity contribution is 9.10. The molecule has 0 aromatic heterocycles. The van der Waals surface area contributed by atoms with Crippen molar-refractivity contribution >= 4 is 15.9 Å². The highest BCUT2D eigenvalue weighted by Gasteiger charge is 2.37. The second-order valence-electron chi connectivity index (χ2n) is 2.73. The Hall–Kier alpha value is -0.750. The van der Waals surface area contributed by atoms with Crippen LogP contribution in [0.4, 0.5) is 13.2 Å². The first kappa shape index (κ1) is 11.3. The van der Waals surface area contributed by atoms with Gasteiger partial charge in [0.2, 0.25) is 0 Å². The number of phenolic OH excluding ortho intramolecular Hbond substituents is 1. The van der Waals surface area contributed by atoms with Gasteiger partial charge in [-0.05, 0) is 33.6 Å². The van der Waals surface area contributed by atoms with Gasteiger partial charge in [-0.2, -0.15) is 13.2 Å². The fourth-order valence-electron chi connectivity index (χ4n) is 0.906. The van der Waals surface area contributed by atoms with Gasteiger partial charge >= 0.3 is 6.18 Å². The van der Waals surface area contributed by atoms with Crippen LogP contribution in [-0.2, 0) is 0 Å². The minimum Gasteiger partial charge on any atom is -0.507 e. The van der Waals surface area contributed by atoms with Gasteiger partial charge in [0.25, 0.3) is 0 Å². The Labute approximate surface area is 86.7 Å². The number of alkyl halides is 3. The quantitative estimate of drug-likeness (QED) is 0.824. The molecule has 0 fully saturated rings. The zero-order valence-electron chi connectivity index (χ0n) is 6.85. The van der Waals surface area contributed by atoms with Crippen molar-refractivity contribution in [1.29, 1.82) is 0 Å². The van der Waals surface area contributed by atoms with Crippen LogP contribution < -0.4 is 5.73 Å². The number of benzene rings is 1. The van der Waals surface area contributed by atoms with Crippen molar-refractivity contribution in [3.8, 4) is 5.75 Å². The number of halogens is 4. The topological polar surface area (TPSA) is 46.2 Å². The Kier molecular flexibility index (Phi) is 3.06. The molecule has 0 amide bonds. The Morgan fingerprint density at radius 1 is 1.36 bits per heavy atom. The summed E-state index contributed by atoms with van der Waals surface area (Å²) in [4.78, 5) is 0. The predicted molar refractivity (Wildman–Crippen MR) is 48.8 cm³/mol. The van der Waals surface area contributed by atoms with Crippen LogP contribution in [0.2, 0.25) is 0 Å². The number of phenols is 1. The van der Waals surface area contributed by atoms with E-state index in [0.717, 1.165) is 18.2 Å². The van der Waals surface area contributed by atoms with Gasteiger partial charge in [0.1, 0.15) is 11.8 Å². The lowest BCUT2D eigenvalue weighted by Crippen LogP contribution is -2.28. The lowest BCUT2D eigenvalue weighted by molar-refractivity contribution is -0.149. The van der Waals surface area contributed by atoms with Crippen LogP contribution in [0.15, 0.2) is 22.7 Å². The number of rotatable bonds is 1. The van der Waals surface area contributed by atoms with E-state index in [2.05, 4.69) is 15.9 Å². The fourth-order valence-corrected chi connectivity index (χ4v) is 1.30. The lowest BCUT2D eigenvalue weighted by atomic mass is 10.1. The van der Waals surface area contributed by atoms with E-state index in [0.29, 0.717) is 0 Å². The van der Waals surface area contributed by atoms with Crippen LogP contribution in [0, 0.1) is 0 Å². The summed E-state index contributed by atoms with van der Waals surface area (Å²) in [5.41, 5.74) is 4.87. The highest BCUT2D eigenvalue weighted by atomic mass is 79.9. The van der Waals surface area contributed by atoms with Gasteiger partial charge in [-0.15, -0.1) is 0 Å². The van der Waals surface area contributed by atoms with Gasteiger partial charge < -0.3 is 10.8 Å². The summed E-state index contributed by atoms with van der Waals surface area (Å²) >= 11 is 2.91. The molecule has 1 atom stereocenters. The van der Waals surface area contributed by atoms with Crippen molar-refractivity contribution in [3.63, 3.8) is 0 Å². The molecule has 3 N–H and O–H groups in total. The molecule has 1 aromatic rings. The normalized spacial score (nSPS) is 14.1. The molecule has 0 spiro atoms. The first-order chi connectivity index (χ1) is 6.32. The van der Waals surface area contributed by atoms with Gasteiger partial charge in [0, 0.05) is 0 Å². The van der Waals surface area contributed by atoms with E-state index in [1.165, 1.54) is 0 Å². The molecule has 6 heteroatoms. The molecule has 0 saturated carbocycles. The van der Waals surface area contributed by atoms with Crippen LogP contribution in [0.3, 0.4) is 0 Å². The molecular formula is C8H7BrF3NO. The zero-order chi connectivity index (χ0) is 10.9. The molecule has 14 heavy (non-hydrogen) atoms. The molecule has 0 radical (unpaired) electrons. The number of hydrogen-bond donors (Lipinski definition) is 2. The Morgan fingerprint density at radius 3 is 2.36 bits per heavy atom. The third-order valence-corrected chi connectivity index (χ3v) is 2.32. The number of nitrogens with two attached hydrogens (primary N) is 1. The minimum atomic E-state index is -4.48. The first-order valence-electron chi connectivity index (χ1n) is 3.63. The van der Waals surface area contributed by atoms with Gasteiger partial charge in [-0.25, -0.2) is 0 Å². The predicted octanol–water partition coefficient (Wildman–Crippen LogP) is 2.72. The highest BCUT2D eigenvalue weighted by Crippen LogP contribution is 2.33. The largest absolute Gasteiger partial charge is 0.507 e. The number of aromatic hydroxyl groups is 1. The monoisotopic (exact) mass is 269 g/mol. The third-order valence-electron chi connectivity index (χ3n) is 1.68. The summed E-state index contributed by atoms with van der Waals surface area (Å²) in [6, 6.07) is 1.41. The number of hydrogen-bond acceptors (Lipinski definition) is 2. The molecule has 0 aliphatic heterocycles. The van der Waals surface area contributed by atoms with Crippen molar-refractivity contribution in [1.82, 2.24) is 0 Å².